The quantitative estimate of drug-likeness (QED) is 0.349. The number of benzene rings is 3. The Hall–Kier alpha value is -2.86. The normalized spacial score (nSPS) is 11.7. The van der Waals surface area contributed by atoms with E-state index in [1.807, 2.05) is 31.2 Å². The first kappa shape index (κ1) is 16.0. The SMILES string of the molecule is C=C(/C=C/C=C\C)CC(=C)c1ccc2cc3ccccc3cc2c1. The molecule has 0 saturated heterocycles. The van der Waals surface area contributed by atoms with E-state index in [1.54, 1.807) is 0 Å². The van der Waals surface area contributed by atoms with Crippen LogP contribution < -0.4 is 0 Å². The highest BCUT2D eigenvalue weighted by molar-refractivity contribution is 5.99. The standard InChI is InChI=1S/C24H22/c1-4-5-6-9-18(2)14-19(3)20-12-13-23-16-21-10-7-8-11-22(21)17-24(23)15-20/h4-13,15-17H,2-3,14H2,1H3/b5-4-,9-6+. The lowest BCUT2D eigenvalue weighted by atomic mass is 9.96. The van der Waals surface area contributed by atoms with Crippen LogP contribution in [-0.4, -0.2) is 0 Å². The van der Waals surface area contributed by atoms with Gasteiger partial charge in [0.25, 0.3) is 0 Å². The van der Waals surface area contributed by atoms with Gasteiger partial charge in [-0.3, -0.25) is 0 Å². The van der Waals surface area contributed by atoms with Crippen LogP contribution in [0.2, 0.25) is 0 Å². The molecule has 0 aliphatic rings. The Bertz CT molecular complexity index is 968. The van der Waals surface area contributed by atoms with Crippen LogP contribution in [0.25, 0.3) is 27.1 Å². The third-order valence-electron chi connectivity index (χ3n) is 4.19. The fraction of sp³-hybridized carbons (Fsp3) is 0.0833. The van der Waals surface area contributed by atoms with Gasteiger partial charge in [-0.25, -0.2) is 0 Å². The molecule has 0 amide bonds. The molecule has 0 radical (unpaired) electrons. The van der Waals surface area contributed by atoms with Crippen LogP contribution in [0.15, 0.2) is 97.6 Å². The molecule has 118 valence electrons. The van der Waals surface area contributed by atoms with Gasteiger partial charge in [-0.1, -0.05) is 79.4 Å². The maximum absolute atomic E-state index is 4.25. The van der Waals surface area contributed by atoms with Crippen molar-refractivity contribution in [2.45, 2.75) is 13.3 Å². The van der Waals surface area contributed by atoms with E-state index < -0.39 is 0 Å². The molecule has 0 heteroatoms. The maximum atomic E-state index is 4.25. The molecule has 0 aromatic heterocycles. The van der Waals surface area contributed by atoms with Gasteiger partial charge < -0.3 is 0 Å². The van der Waals surface area contributed by atoms with Crippen molar-refractivity contribution in [3.05, 3.63) is 103 Å². The van der Waals surface area contributed by atoms with Gasteiger partial charge in [-0.2, -0.15) is 0 Å². The van der Waals surface area contributed by atoms with Crippen LogP contribution in [0, 0.1) is 0 Å². The summed E-state index contributed by atoms with van der Waals surface area (Å²) in [6, 6.07) is 19.5. The summed E-state index contributed by atoms with van der Waals surface area (Å²) in [6.07, 6.45) is 8.86. The van der Waals surface area contributed by atoms with Crippen molar-refractivity contribution in [1.29, 1.82) is 0 Å². The molecule has 3 rings (SSSR count). The zero-order chi connectivity index (χ0) is 16.9. The number of rotatable bonds is 5. The van der Waals surface area contributed by atoms with E-state index in [1.165, 1.54) is 27.1 Å². The van der Waals surface area contributed by atoms with Crippen molar-refractivity contribution in [1.82, 2.24) is 0 Å². The topological polar surface area (TPSA) is 0 Å². The molecule has 0 nitrogen and oxygen atoms in total. The predicted molar refractivity (Wildman–Crippen MR) is 108 cm³/mol. The molecule has 0 spiro atoms. The highest BCUT2D eigenvalue weighted by Crippen LogP contribution is 2.27. The van der Waals surface area contributed by atoms with Gasteiger partial charge in [0.2, 0.25) is 0 Å². The van der Waals surface area contributed by atoms with Crippen LogP contribution in [0.3, 0.4) is 0 Å². The Morgan fingerprint density at radius 1 is 0.833 bits per heavy atom. The minimum atomic E-state index is 0.785. The highest BCUT2D eigenvalue weighted by atomic mass is 14.1. The first-order valence-corrected chi connectivity index (χ1v) is 8.25. The van der Waals surface area contributed by atoms with Crippen molar-refractivity contribution in [2.75, 3.05) is 0 Å². The Morgan fingerprint density at radius 2 is 1.50 bits per heavy atom. The van der Waals surface area contributed by atoms with Gasteiger partial charge in [-0.15, -0.1) is 0 Å². The molecule has 0 aliphatic heterocycles. The summed E-state index contributed by atoms with van der Waals surface area (Å²) in [7, 11) is 0. The van der Waals surface area contributed by atoms with Crippen LogP contribution in [0.1, 0.15) is 18.9 Å². The predicted octanol–water partition coefficient (Wildman–Crippen LogP) is 7.08. The van der Waals surface area contributed by atoms with Gasteiger partial charge in [-0.05, 0) is 64.2 Å². The lowest BCUT2D eigenvalue weighted by molar-refractivity contribution is 1.32. The summed E-state index contributed by atoms with van der Waals surface area (Å²) in [5.41, 5.74) is 3.34. The molecule has 24 heavy (non-hydrogen) atoms. The van der Waals surface area contributed by atoms with Crippen LogP contribution >= 0.6 is 0 Å². The summed E-state index contributed by atoms with van der Waals surface area (Å²) < 4.78 is 0. The van der Waals surface area contributed by atoms with E-state index in [0.29, 0.717) is 0 Å². The molecular weight excluding hydrogens is 288 g/mol. The molecule has 0 heterocycles. The van der Waals surface area contributed by atoms with E-state index in [2.05, 4.69) is 67.8 Å². The second-order valence-electron chi connectivity index (χ2n) is 6.08. The smallest absolute Gasteiger partial charge is 0.00316 e. The van der Waals surface area contributed by atoms with Gasteiger partial charge in [0.15, 0.2) is 0 Å². The zero-order valence-electron chi connectivity index (χ0n) is 14.1. The second-order valence-corrected chi connectivity index (χ2v) is 6.08. The summed E-state index contributed by atoms with van der Waals surface area (Å²) >= 11 is 0. The van der Waals surface area contributed by atoms with Crippen molar-refractivity contribution >= 4 is 27.1 Å². The van der Waals surface area contributed by atoms with Crippen molar-refractivity contribution < 1.29 is 0 Å². The van der Waals surface area contributed by atoms with Crippen LogP contribution in [0.4, 0.5) is 0 Å². The van der Waals surface area contributed by atoms with E-state index in [9.17, 15) is 0 Å². The number of allylic oxidation sites excluding steroid dienone is 6. The molecule has 3 aromatic rings. The molecule has 0 fully saturated rings. The molecule has 0 bridgehead atoms. The van der Waals surface area contributed by atoms with E-state index >= 15 is 0 Å². The fourth-order valence-electron chi connectivity index (χ4n) is 2.90. The lowest BCUT2D eigenvalue weighted by Gasteiger charge is -2.09. The second kappa shape index (κ2) is 7.14. The molecule has 0 atom stereocenters. The minimum absolute atomic E-state index is 0.785. The van der Waals surface area contributed by atoms with E-state index in [-0.39, 0.29) is 0 Å². The summed E-state index contributed by atoms with van der Waals surface area (Å²) in [6.45, 7) is 10.4. The minimum Gasteiger partial charge on any atom is -0.0955 e. The number of hydrogen-bond acceptors (Lipinski definition) is 0. The fourth-order valence-corrected chi connectivity index (χ4v) is 2.90. The molecule has 0 N–H and O–H groups in total. The largest absolute Gasteiger partial charge is 0.0955 e. The summed E-state index contributed by atoms with van der Waals surface area (Å²) in [4.78, 5) is 0. The Kier molecular flexibility index (Phi) is 4.77. The molecule has 0 aliphatic carbocycles. The van der Waals surface area contributed by atoms with Crippen molar-refractivity contribution in [3.8, 4) is 0 Å². The van der Waals surface area contributed by atoms with Crippen LogP contribution in [-0.2, 0) is 0 Å². The third kappa shape index (κ3) is 3.55. The van der Waals surface area contributed by atoms with Gasteiger partial charge >= 0.3 is 0 Å². The summed E-state index contributed by atoms with van der Waals surface area (Å²) in [5, 5.41) is 5.06. The van der Waals surface area contributed by atoms with Crippen LogP contribution in [0.5, 0.6) is 0 Å². The lowest BCUT2D eigenvalue weighted by Crippen LogP contribution is -1.86. The zero-order valence-corrected chi connectivity index (χ0v) is 14.1. The third-order valence-corrected chi connectivity index (χ3v) is 4.19. The van der Waals surface area contributed by atoms with Crippen molar-refractivity contribution in [2.24, 2.45) is 0 Å². The Labute approximate surface area is 144 Å². The Balaban J connectivity index is 1.88. The van der Waals surface area contributed by atoms with E-state index in [0.717, 1.165) is 17.6 Å². The number of fused-ring (bicyclic) bond motifs is 2. The monoisotopic (exact) mass is 310 g/mol. The Morgan fingerprint density at radius 3 is 2.21 bits per heavy atom. The summed E-state index contributed by atoms with van der Waals surface area (Å²) in [5.74, 6) is 0. The first-order valence-electron chi connectivity index (χ1n) is 8.25. The maximum Gasteiger partial charge on any atom is -0.00316 e. The highest BCUT2D eigenvalue weighted by Gasteiger charge is 2.03. The average Bonchev–Trinajstić information content (AvgIpc) is 2.59. The van der Waals surface area contributed by atoms with Crippen molar-refractivity contribution in [3.63, 3.8) is 0 Å². The van der Waals surface area contributed by atoms with E-state index in [4.69, 9.17) is 0 Å². The first-order chi connectivity index (χ1) is 11.7. The molecule has 0 saturated carbocycles. The van der Waals surface area contributed by atoms with Gasteiger partial charge in [0.1, 0.15) is 0 Å². The van der Waals surface area contributed by atoms with Gasteiger partial charge in [0, 0.05) is 0 Å². The molecular formula is C24H22. The molecule has 3 aromatic carbocycles. The van der Waals surface area contributed by atoms with Gasteiger partial charge in [0.05, 0.1) is 0 Å². The number of hydrogen-bond donors (Lipinski definition) is 0. The average molecular weight is 310 g/mol. The molecule has 0 unspecified atom stereocenters.